The molecule has 1 N–H and O–H groups in total. The van der Waals surface area contributed by atoms with Crippen LogP contribution in [-0.2, 0) is 11.3 Å². The van der Waals surface area contributed by atoms with E-state index in [2.05, 4.69) is 15.5 Å². The third-order valence-electron chi connectivity index (χ3n) is 4.72. The summed E-state index contributed by atoms with van der Waals surface area (Å²) in [6.07, 6.45) is 1.63. The molecule has 0 bridgehead atoms. The number of hydrogen-bond donors (Lipinski definition) is 1. The second-order valence-corrected chi connectivity index (χ2v) is 8.70. The van der Waals surface area contributed by atoms with E-state index in [0.29, 0.717) is 28.2 Å². The van der Waals surface area contributed by atoms with E-state index in [1.165, 1.54) is 11.8 Å². The standard InChI is InChI=1S/C23H21ClN4O3S/c1-15(22(29)25-18-9-7-17(24)8-10-18)32-23-27-26-21(16-5-11-19(30-2)12-6-16)28(23)14-20-4-3-13-31-20/h3-13,15H,14H2,1-2H3,(H,25,29). The molecular formula is C23H21ClN4O3S. The van der Waals surface area contributed by atoms with Crippen molar-refractivity contribution in [2.45, 2.75) is 23.9 Å². The highest BCUT2D eigenvalue weighted by Crippen LogP contribution is 2.29. The number of nitrogens with zero attached hydrogens (tertiary/aromatic N) is 3. The molecule has 4 rings (SSSR count). The number of anilines is 1. The van der Waals surface area contributed by atoms with Crippen LogP contribution >= 0.6 is 23.4 Å². The summed E-state index contributed by atoms with van der Waals surface area (Å²) in [5.74, 6) is 2.06. The van der Waals surface area contributed by atoms with E-state index in [0.717, 1.165) is 17.1 Å². The molecule has 0 aliphatic heterocycles. The molecular weight excluding hydrogens is 448 g/mol. The molecule has 0 saturated heterocycles. The van der Waals surface area contributed by atoms with Gasteiger partial charge in [-0.3, -0.25) is 9.36 Å². The number of nitrogens with one attached hydrogen (secondary N) is 1. The molecule has 0 radical (unpaired) electrons. The van der Waals surface area contributed by atoms with Crippen LogP contribution in [0.25, 0.3) is 11.4 Å². The molecule has 0 saturated carbocycles. The van der Waals surface area contributed by atoms with Gasteiger partial charge in [0.15, 0.2) is 11.0 Å². The smallest absolute Gasteiger partial charge is 0.237 e. The summed E-state index contributed by atoms with van der Waals surface area (Å²) in [5.41, 5.74) is 1.57. The number of rotatable bonds is 8. The van der Waals surface area contributed by atoms with Crippen molar-refractivity contribution in [2.75, 3.05) is 12.4 Å². The van der Waals surface area contributed by atoms with Crippen LogP contribution in [0.3, 0.4) is 0 Å². The maximum absolute atomic E-state index is 12.7. The molecule has 0 spiro atoms. The summed E-state index contributed by atoms with van der Waals surface area (Å²) >= 11 is 7.24. The van der Waals surface area contributed by atoms with Crippen LogP contribution in [0.5, 0.6) is 5.75 Å². The van der Waals surface area contributed by atoms with Crippen molar-refractivity contribution in [3.63, 3.8) is 0 Å². The van der Waals surface area contributed by atoms with Gasteiger partial charge in [0, 0.05) is 16.3 Å². The van der Waals surface area contributed by atoms with Crippen molar-refractivity contribution in [1.29, 1.82) is 0 Å². The van der Waals surface area contributed by atoms with Crippen molar-refractivity contribution < 1.29 is 13.9 Å². The van der Waals surface area contributed by atoms with Crippen LogP contribution in [0.4, 0.5) is 5.69 Å². The average molecular weight is 469 g/mol. The number of thioether (sulfide) groups is 1. The zero-order valence-corrected chi connectivity index (χ0v) is 19.1. The van der Waals surface area contributed by atoms with Gasteiger partial charge in [-0.1, -0.05) is 23.4 Å². The molecule has 2 heterocycles. The average Bonchev–Trinajstić information content (AvgIpc) is 3.46. The van der Waals surface area contributed by atoms with E-state index in [1.807, 2.05) is 47.9 Å². The summed E-state index contributed by atoms with van der Waals surface area (Å²) in [7, 11) is 1.62. The molecule has 0 aliphatic rings. The number of furan rings is 1. The Hall–Kier alpha value is -3.23. The highest BCUT2D eigenvalue weighted by molar-refractivity contribution is 8.00. The first-order valence-electron chi connectivity index (χ1n) is 9.86. The largest absolute Gasteiger partial charge is 0.497 e. The molecule has 2 aromatic heterocycles. The molecule has 9 heteroatoms. The van der Waals surface area contributed by atoms with Gasteiger partial charge in [-0.05, 0) is 67.6 Å². The van der Waals surface area contributed by atoms with E-state index >= 15 is 0 Å². The quantitative estimate of drug-likeness (QED) is 0.350. The monoisotopic (exact) mass is 468 g/mol. The van der Waals surface area contributed by atoms with Crippen LogP contribution in [0.1, 0.15) is 12.7 Å². The maximum Gasteiger partial charge on any atom is 0.237 e. The van der Waals surface area contributed by atoms with Gasteiger partial charge in [0.25, 0.3) is 0 Å². The van der Waals surface area contributed by atoms with Crippen molar-refractivity contribution in [1.82, 2.24) is 14.8 Å². The van der Waals surface area contributed by atoms with Crippen LogP contribution in [0.2, 0.25) is 5.02 Å². The van der Waals surface area contributed by atoms with E-state index in [1.54, 1.807) is 37.6 Å². The molecule has 32 heavy (non-hydrogen) atoms. The predicted molar refractivity (Wildman–Crippen MR) is 125 cm³/mol. The molecule has 2 aromatic carbocycles. The zero-order valence-electron chi connectivity index (χ0n) is 17.5. The first-order chi connectivity index (χ1) is 15.5. The number of carbonyl (C=O) groups excluding carboxylic acids is 1. The summed E-state index contributed by atoms with van der Waals surface area (Å²) in [5, 5.41) is 12.5. The fraction of sp³-hybridized carbons (Fsp3) is 0.174. The Morgan fingerprint density at radius 3 is 2.56 bits per heavy atom. The van der Waals surface area contributed by atoms with Gasteiger partial charge >= 0.3 is 0 Å². The van der Waals surface area contributed by atoms with Crippen LogP contribution in [-0.4, -0.2) is 33.0 Å². The van der Waals surface area contributed by atoms with Gasteiger partial charge in [0.2, 0.25) is 5.91 Å². The zero-order chi connectivity index (χ0) is 22.5. The lowest BCUT2D eigenvalue weighted by molar-refractivity contribution is -0.115. The first-order valence-corrected chi connectivity index (χ1v) is 11.1. The lowest BCUT2D eigenvalue weighted by Gasteiger charge is -2.13. The van der Waals surface area contributed by atoms with Gasteiger partial charge in [-0.2, -0.15) is 0 Å². The fourth-order valence-electron chi connectivity index (χ4n) is 3.02. The Balaban J connectivity index is 1.57. The SMILES string of the molecule is COc1ccc(-c2nnc(SC(C)C(=O)Nc3ccc(Cl)cc3)n2Cc2ccco2)cc1. The Bertz CT molecular complexity index is 1180. The van der Waals surface area contributed by atoms with Crippen molar-refractivity contribution in [3.8, 4) is 17.1 Å². The predicted octanol–water partition coefficient (Wildman–Crippen LogP) is 5.37. The van der Waals surface area contributed by atoms with E-state index < -0.39 is 5.25 Å². The number of hydrogen-bond acceptors (Lipinski definition) is 6. The topological polar surface area (TPSA) is 82.2 Å². The molecule has 1 atom stereocenters. The Labute approximate surface area is 194 Å². The third kappa shape index (κ3) is 5.15. The second-order valence-electron chi connectivity index (χ2n) is 6.96. The Morgan fingerprint density at radius 2 is 1.91 bits per heavy atom. The molecule has 1 unspecified atom stereocenters. The van der Waals surface area contributed by atoms with Crippen LogP contribution in [0.15, 0.2) is 76.5 Å². The normalized spacial score (nSPS) is 11.8. The summed E-state index contributed by atoms with van der Waals surface area (Å²) in [6.45, 7) is 2.27. The maximum atomic E-state index is 12.7. The lowest BCUT2D eigenvalue weighted by Crippen LogP contribution is -2.23. The highest BCUT2D eigenvalue weighted by Gasteiger charge is 2.22. The Kier molecular flexibility index (Phi) is 6.82. The lowest BCUT2D eigenvalue weighted by atomic mass is 10.2. The number of aromatic nitrogens is 3. The van der Waals surface area contributed by atoms with E-state index in [4.69, 9.17) is 20.8 Å². The highest BCUT2D eigenvalue weighted by atomic mass is 35.5. The van der Waals surface area contributed by atoms with E-state index in [-0.39, 0.29) is 5.91 Å². The number of halogens is 1. The molecule has 1 amide bonds. The van der Waals surface area contributed by atoms with Crippen LogP contribution < -0.4 is 10.1 Å². The van der Waals surface area contributed by atoms with Gasteiger partial charge in [0.1, 0.15) is 11.5 Å². The summed E-state index contributed by atoms with van der Waals surface area (Å²) in [4.78, 5) is 12.7. The van der Waals surface area contributed by atoms with E-state index in [9.17, 15) is 4.79 Å². The fourth-order valence-corrected chi connectivity index (χ4v) is 3.99. The second kappa shape index (κ2) is 9.93. The number of benzene rings is 2. The molecule has 7 nitrogen and oxygen atoms in total. The number of carbonyl (C=O) groups is 1. The van der Waals surface area contributed by atoms with Crippen molar-refractivity contribution >= 4 is 35.0 Å². The van der Waals surface area contributed by atoms with Gasteiger partial charge < -0.3 is 14.5 Å². The minimum absolute atomic E-state index is 0.143. The van der Waals surface area contributed by atoms with Crippen LogP contribution in [0, 0.1) is 0 Å². The summed E-state index contributed by atoms with van der Waals surface area (Å²) < 4.78 is 12.7. The molecule has 0 fully saturated rings. The number of methoxy groups -OCH3 is 1. The van der Waals surface area contributed by atoms with Gasteiger partial charge in [-0.25, -0.2) is 0 Å². The van der Waals surface area contributed by atoms with Crippen molar-refractivity contribution in [2.24, 2.45) is 0 Å². The third-order valence-corrected chi connectivity index (χ3v) is 6.05. The number of amides is 1. The molecule has 164 valence electrons. The minimum atomic E-state index is -0.408. The molecule has 0 aliphatic carbocycles. The minimum Gasteiger partial charge on any atom is -0.497 e. The van der Waals surface area contributed by atoms with Gasteiger partial charge in [-0.15, -0.1) is 10.2 Å². The summed E-state index contributed by atoms with van der Waals surface area (Å²) in [6, 6.07) is 18.3. The Morgan fingerprint density at radius 1 is 1.16 bits per heavy atom. The van der Waals surface area contributed by atoms with Crippen molar-refractivity contribution in [3.05, 3.63) is 77.7 Å². The van der Waals surface area contributed by atoms with Gasteiger partial charge in [0.05, 0.1) is 25.2 Å². The molecule has 4 aromatic rings. The number of ether oxygens (including phenoxy) is 1. The first kappa shape index (κ1) is 22.0.